The van der Waals surface area contributed by atoms with Crippen molar-refractivity contribution < 1.29 is 4.74 Å². The molecule has 1 aromatic carbocycles. The number of nitrogens with zero attached hydrogens (tertiary/aromatic N) is 1. The van der Waals surface area contributed by atoms with Crippen LogP contribution in [0.2, 0.25) is 0 Å². The Labute approximate surface area is 127 Å². The van der Waals surface area contributed by atoms with E-state index in [0.29, 0.717) is 6.61 Å². The van der Waals surface area contributed by atoms with Gasteiger partial charge in [-0.05, 0) is 51.4 Å². The number of ether oxygens (including phenoxy) is 1. The standard InChI is InChI=1S/C18H26N2O/c1-5-10-19-17(13-21-18(2,3)4)15-9-8-14-7-6-11-20-16(14)12-15/h6-9,11-12,17,19H,5,10,13H2,1-4H3. The summed E-state index contributed by atoms with van der Waals surface area (Å²) < 4.78 is 5.97. The molecule has 3 heteroatoms. The minimum absolute atomic E-state index is 0.124. The SMILES string of the molecule is CCCNC(COC(C)(C)C)c1ccc2cccnc2c1. The lowest BCUT2D eigenvalue weighted by atomic mass is 10.0. The van der Waals surface area contributed by atoms with Crippen molar-refractivity contribution in [1.29, 1.82) is 0 Å². The van der Waals surface area contributed by atoms with Crippen LogP contribution in [0.3, 0.4) is 0 Å². The molecule has 114 valence electrons. The van der Waals surface area contributed by atoms with E-state index in [4.69, 9.17) is 4.74 Å². The molecule has 1 heterocycles. The van der Waals surface area contributed by atoms with Gasteiger partial charge in [0.15, 0.2) is 0 Å². The van der Waals surface area contributed by atoms with Gasteiger partial charge in [-0.25, -0.2) is 0 Å². The normalized spacial score (nSPS) is 13.5. The molecule has 2 aromatic rings. The number of hydrogen-bond donors (Lipinski definition) is 1. The monoisotopic (exact) mass is 286 g/mol. The van der Waals surface area contributed by atoms with Crippen LogP contribution in [0.4, 0.5) is 0 Å². The predicted octanol–water partition coefficient (Wildman–Crippen LogP) is 4.09. The summed E-state index contributed by atoms with van der Waals surface area (Å²) >= 11 is 0. The molecule has 0 amide bonds. The smallest absolute Gasteiger partial charge is 0.0705 e. The van der Waals surface area contributed by atoms with E-state index in [1.54, 1.807) is 0 Å². The van der Waals surface area contributed by atoms with E-state index in [2.05, 4.69) is 62.3 Å². The zero-order valence-electron chi connectivity index (χ0n) is 13.5. The second-order valence-electron chi connectivity index (χ2n) is 6.39. The Kier molecular flexibility index (Phi) is 5.32. The predicted molar refractivity (Wildman–Crippen MR) is 88.5 cm³/mol. The number of benzene rings is 1. The maximum Gasteiger partial charge on any atom is 0.0705 e. The maximum atomic E-state index is 5.97. The van der Waals surface area contributed by atoms with Gasteiger partial charge in [0, 0.05) is 11.6 Å². The third-order valence-electron chi connectivity index (χ3n) is 3.36. The number of aromatic nitrogens is 1. The minimum atomic E-state index is -0.124. The molecule has 0 fully saturated rings. The molecule has 3 nitrogen and oxygen atoms in total. The van der Waals surface area contributed by atoms with Crippen molar-refractivity contribution in [2.45, 2.75) is 45.8 Å². The summed E-state index contributed by atoms with van der Waals surface area (Å²) in [5.41, 5.74) is 2.15. The molecule has 0 saturated carbocycles. The van der Waals surface area contributed by atoms with Crippen LogP contribution in [0, 0.1) is 0 Å². The first-order valence-corrected chi connectivity index (χ1v) is 7.71. The molecule has 1 aromatic heterocycles. The summed E-state index contributed by atoms with van der Waals surface area (Å²) in [5, 5.41) is 4.74. The Balaban J connectivity index is 2.20. The molecule has 1 unspecified atom stereocenters. The highest BCUT2D eigenvalue weighted by Gasteiger charge is 2.17. The highest BCUT2D eigenvalue weighted by Crippen LogP contribution is 2.21. The number of fused-ring (bicyclic) bond motifs is 1. The van der Waals surface area contributed by atoms with E-state index in [1.165, 1.54) is 10.9 Å². The minimum Gasteiger partial charge on any atom is -0.374 e. The van der Waals surface area contributed by atoms with E-state index in [1.807, 2.05) is 12.3 Å². The highest BCUT2D eigenvalue weighted by atomic mass is 16.5. The summed E-state index contributed by atoms with van der Waals surface area (Å²) in [6, 6.07) is 10.7. The Morgan fingerprint density at radius 2 is 2.05 bits per heavy atom. The Morgan fingerprint density at radius 3 is 2.76 bits per heavy atom. The van der Waals surface area contributed by atoms with Crippen molar-refractivity contribution in [2.24, 2.45) is 0 Å². The number of pyridine rings is 1. The average molecular weight is 286 g/mol. The second kappa shape index (κ2) is 7.01. The fourth-order valence-corrected chi connectivity index (χ4v) is 2.23. The molecule has 0 aliphatic carbocycles. The largest absolute Gasteiger partial charge is 0.374 e. The van der Waals surface area contributed by atoms with Gasteiger partial charge >= 0.3 is 0 Å². The topological polar surface area (TPSA) is 34.1 Å². The molecular weight excluding hydrogens is 260 g/mol. The molecule has 0 bridgehead atoms. The third kappa shape index (κ3) is 4.80. The summed E-state index contributed by atoms with van der Waals surface area (Å²) in [5.74, 6) is 0. The Morgan fingerprint density at radius 1 is 1.24 bits per heavy atom. The Bertz CT molecular complexity index is 575. The van der Waals surface area contributed by atoms with Gasteiger partial charge in [0.25, 0.3) is 0 Å². The van der Waals surface area contributed by atoms with Crippen LogP contribution in [0.15, 0.2) is 36.5 Å². The van der Waals surface area contributed by atoms with Crippen molar-refractivity contribution >= 4 is 10.9 Å². The van der Waals surface area contributed by atoms with Crippen molar-refractivity contribution in [3.63, 3.8) is 0 Å². The fraction of sp³-hybridized carbons (Fsp3) is 0.500. The van der Waals surface area contributed by atoms with Crippen LogP contribution in [-0.4, -0.2) is 23.7 Å². The lowest BCUT2D eigenvalue weighted by Crippen LogP contribution is -2.30. The van der Waals surface area contributed by atoms with Crippen molar-refractivity contribution in [1.82, 2.24) is 10.3 Å². The van der Waals surface area contributed by atoms with Crippen LogP contribution in [0.25, 0.3) is 10.9 Å². The summed E-state index contributed by atoms with van der Waals surface area (Å²) in [6.45, 7) is 10.1. The number of nitrogens with one attached hydrogen (secondary N) is 1. The van der Waals surface area contributed by atoms with Crippen LogP contribution >= 0.6 is 0 Å². The molecule has 21 heavy (non-hydrogen) atoms. The zero-order valence-corrected chi connectivity index (χ0v) is 13.5. The van der Waals surface area contributed by atoms with Crippen LogP contribution < -0.4 is 5.32 Å². The molecule has 0 saturated heterocycles. The molecular formula is C18H26N2O. The first kappa shape index (κ1) is 15.9. The van der Waals surface area contributed by atoms with Crippen LogP contribution in [0.1, 0.15) is 45.7 Å². The van der Waals surface area contributed by atoms with Crippen molar-refractivity contribution in [3.05, 3.63) is 42.1 Å². The van der Waals surface area contributed by atoms with Gasteiger partial charge in [-0.15, -0.1) is 0 Å². The average Bonchev–Trinajstić information content (AvgIpc) is 2.46. The van der Waals surface area contributed by atoms with Gasteiger partial charge in [0.2, 0.25) is 0 Å². The van der Waals surface area contributed by atoms with Crippen molar-refractivity contribution in [2.75, 3.05) is 13.2 Å². The first-order chi connectivity index (χ1) is 9.99. The van der Waals surface area contributed by atoms with Crippen molar-refractivity contribution in [3.8, 4) is 0 Å². The van der Waals surface area contributed by atoms with Crippen LogP contribution in [0.5, 0.6) is 0 Å². The first-order valence-electron chi connectivity index (χ1n) is 7.71. The molecule has 0 aliphatic rings. The van der Waals surface area contributed by atoms with E-state index in [-0.39, 0.29) is 11.6 Å². The van der Waals surface area contributed by atoms with E-state index < -0.39 is 0 Å². The highest BCUT2D eigenvalue weighted by molar-refractivity contribution is 5.78. The van der Waals surface area contributed by atoms with Gasteiger partial charge in [0.05, 0.1) is 23.8 Å². The van der Waals surface area contributed by atoms with Crippen LogP contribution in [-0.2, 0) is 4.74 Å². The van der Waals surface area contributed by atoms with E-state index in [0.717, 1.165) is 18.5 Å². The van der Waals surface area contributed by atoms with Gasteiger partial charge in [0.1, 0.15) is 0 Å². The van der Waals surface area contributed by atoms with Gasteiger partial charge in [-0.3, -0.25) is 4.98 Å². The molecule has 1 atom stereocenters. The number of rotatable bonds is 6. The molecule has 0 aliphatic heterocycles. The maximum absolute atomic E-state index is 5.97. The summed E-state index contributed by atoms with van der Waals surface area (Å²) in [4.78, 5) is 4.44. The molecule has 0 spiro atoms. The van der Waals surface area contributed by atoms with E-state index >= 15 is 0 Å². The lowest BCUT2D eigenvalue weighted by Gasteiger charge is -2.25. The second-order valence-corrected chi connectivity index (χ2v) is 6.39. The van der Waals surface area contributed by atoms with Gasteiger partial charge in [-0.1, -0.05) is 25.1 Å². The quantitative estimate of drug-likeness (QED) is 0.868. The molecule has 2 rings (SSSR count). The Hall–Kier alpha value is -1.45. The van der Waals surface area contributed by atoms with E-state index in [9.17, 15) is 0 Å². The summed E-state index contributed by atoms with van der Waals surface area (Å²) in [7, 11) is 0. The zero-order chi connectivity index (χ0) is 15.3. The molecule has 0 radical (unpaired) electrons. The fourth-order valence-electron chi connectivity index (χ4n) is 2.23. The molecule has 1 N–H and O–H groups in total. The number of hydrogen-bond acceptors (Lipinski definition) is 3. The van der Waals surface area contributed by atoms with Gasteiger partial charge in [-0.2, -0.15) is 0 Å². The summed E-state index contributed by atoms with van der Waals surface area (Å²) in [6.07, 6.45) is 2.95. The third-order valence-corrected chi connectivity index (χ3v) is 3.36. The van der Waals surface area contributed by atoms with Gasteiger partial charge < -0.3 is 10.1 Å². The lowest BCUT2D eigenvalue weighted by molar-refractivity contribution is -0.0147.